The van der Waals surface area contributed by atoms with E-state index in [4.69, 9.17) is 15.6 Å². The molecule has 0 radical (unpaired) electrons. The number of nitrogens with zero attached hydrogens (tertiary/aromatic N) is 3. The van der Waals surface area contributed by atoms with E-state index in [0.29, 0.717) is 22.8 Å². The lowest BCUT2D eigenvalue weighted by atomic mass is 10.1. The first-order chi connectivity index (χ1) is 14.0. The number of hydrogen-bond acceptors (Lipinski definition) is 5. The van der Waals surface area contributed by atoms with E-state index < -0.39 is 11.9 Å². The summed E-state index contributed by atoms with van der Waals surface area (Å²) >= 11 is 0. The zero-order valence-corrected chi connectivity index (χ0v) is 16.1. The predicted octanol–water partition coefficient (Wildman–Crippen LogP) is 2.60. The fourth-order valence-electron chi connectivity index (χ4n) is 2.95. The van der Waals surface area contributed by atoms with Gasteiger partial charge in [-0.05, 0) is 37.3 Å². The molecule has 2 aromatic heterocycles. The molecule has 0 unspecified atom stereocenters. The molecule has 4 N–H and O–H groups in total. The van der Waals surface area contributed by atoms with Crippen LogP contribution in [0, 0.1) is 6.92 Å². The van der Waals surface area contributed by atoms with Gasteiger partial charge in [0.05, 0.1) is 0 Å². The van der Waals surface area contributed by atoms with Crippen LogP contribution in [0.5, 0.6) is 11.5 Å². The van der Waals surface area contributed by atoms with Gasteiger partial charge in [-0.25, -0.2) is 0 Å². The number of nitrogens with two attached hydrogens (primary N) is 1. The molecule has 1 amide bonds. The predicted molar refractivity (Wildman–Crippen MR) is 109 cm³/mol. The van der Waals surface area contributed by atoms with Gasteiger partial charge in [-0.3, -0.25) is 4.79 Å². The van der Waals surface area contributed by atoms with E-state index in [1.807, 2.05) is 67.6 Å². The smallest absolute Gasteiger partial charge is 0.348 e. The fourth-order valence-corrected chi connectivity index (χ4v) is 2.95. The van der Waals surface area contributed by atoms with Crippen molar-refractivity contribution in [3.63, 3.8) is 0 Å². The number of carbonyl (C=O) groups excluding carboxylic acids is 1. The zero-order chi connectivity index (χ0) is 20.4. The van der Waals surface area contributed by atoms with Crippen LogP contribution in [0.2, 0.25) is 0 Å². The van der Waals surface area contributed by atoms with Crippen molar-refractivity contribution < 1.29 is 14.0 Å². The third-order valence-corrected chi connectivity index (χ3v) is 4.50. The molecule has 0 aliphatic carbocycles. The number of nitrogens with one attached hydrogen (secondary N) is 2. The average Bonchev–Trinajstić information content (AvgIpc) is 3.10. The molecule has 1 atom stereocenters. The maximum atomic E-state index is 11.5. The molecule has 0 fully saturated rings. The topological polar surface area (TPSA) is 110 Å². The molecule has 8 heteroatoms. The molecular weight excluding hydrogens is 368 g/mol. The van der Waals surface area contributed by atoms with Gasteiger partial charge >= 0.3 is 5.65 Å². The third-order valence-electron chi connectivity index (χ3n) is 4.50. The van der Waals surface area contributed by atoms with Crippen molar-refractivity contribution in [1.82, 2.24) is 15.3 Å². The van der Waals surface area contributed by atoms with Crippen molar-refractivity contribution in [2.24, 2.45) is 5.73 Å². The van der Waals surface area contributed by atoms with E-state index in [0.717, 1.165) is 17.1 Å². The van der Waals surface area contributed by atoms with E-state index in [1.54, 1.807) is 11.4 Å². The SMILES string of the molecule is Cc1[nH]nc2c(N[C@H](C)C(N)=O)cc(-c3ccccc3Oc3ccccc3)n[n+]12. The molecular formula is C21H21N6O2+. The van der Waals surface area contributed by atoms with E-state index in [1.165, 1.54) is 0 Å². The summed E-state index contributed by atoms with van der Waals surface area (Å²) in [4.78, 5) is 11.5. The van der Waals surface area contributed by atoms with Crippen LogP contribution in [0.1, 0.15) is 12.7 Å². The Morgan fingerprint density at radius 1 is 1.17 bits per heavy atom. The highest BCUT2D eigenvalue weighted by atomic mass is 16.5. The number of fused-ring (bicyclic) bond motifs is 1. The van der Waals surface area contributed by atoms with Gasteiger partial charge in [0, 0.05) is 17.6 Å². The molecule has 0 bridgehead atoms. The van der Waals surface area contributed by atoms with Crippen LogP contribution in [-0.4, -0.2) is 27.2 Å². The summed E-state index contributed by atoms with van der Waals surface area (Å²) in [5.41, 5.74) is 8.10. The third kappa shape index (κ3) is 3.73. The minimum atomic E-state index is -0.568. The van der Waals surface area contributed by atoms with Gasteiger partial charge < -0.3 is 15.8 Å². The Morgan fingerprint density at radius 3 is 2.66 bits per heavy atom. The Morgan fingerprint density at radius 2 is 1.90 bits per heavy atom. The highest BCUT2D eigenvalue weighted by molar-refractivity contribution is 5.84. The number of ether oxygens (including phenoxy) is 1. The number of carbonyl (C=O) groups is 1. The van der Waals surface area contributed by atoms with Crippen LogP contribution in [-0.2, 0) is 4.79 Å². The minimum absolute atomic E-state index is 0.457. The van der Waals surface area contributed by atoms with Gasteiger partial charge in [-0.15, -0.1) is 10.2 Å². The van der Waals surface area contributed by atoms with Gasteiger partial charge in [-0.2, -0.15) is 0 Å². The van der Waals surface area contributed by atoms with Crippen LogP contribution in [0.15, 0.2) is 60.7 Å². The lowest BCUT2D eigenvalue weighted by Gasteiger charge is -2.13. The number of benzene rings is 2. The number of primary amides is 1. The van der Waals surface area contributed by atoms with Crippen molar-refractivity contribution in [3.05, 3.63) is 66.5 Å². The zero-order valence-electron chi connectivity index (χ0n) is 16.1. The van der Waals surface area contributed by atoms with Crippen LogP contribution in [0.4, 0.5) is 5.69 Å². The first kappa shape index (κ1) is 18.4. The Hall–Kier alpha value is -3.94. The molecule has 0 saturated heterocycles. The Balaban J connectivity index is 1.82. The number of amides is 1. The van der Waals surface area contributed by atoms with Crippen LogP contribution in [0.25, 0.3) is 16.9 Å². The monoisotopic (exact) mass is 389 g/mol. The van der Waals surface area contributed by atoms with Crippen LogP contribution in [0.3, 0.4) is 0 Å². The first-order valence-electron chi connectivity index (χ1n) is 9.19. The van der Waals surface area contributed by atoms with E-state index in [-0.39, 0.29) is 0 Å². The molecule has 4 rings (SSSR count). The van der Waals surface area contributed by atoms with Crippen molar-refractivity contribution in [2.75, 3.05) is 5.32 Å². The molecule has 2 aromatic carbocycles. The molecule has 0 saturated carbocycles. The second-order valence-corrected chi connectivity index (χ2v) is 6.67. The number of aromatic nitrogens is 4. The normalized spacial score (nSPS) is 11.9. The van der Waals surface area contributed by atoms with E-state index in [9.17, 15) is 4.79 Å². The number of anilines is 1. The number of aromatic amines is 1. The van der Waals surface area contributed by atoms with Crippen molar-refractivity contribution >= 4 is 17.2 Å². The van der Waals surface area contributed by atoms with Crippen molar-refractivity contribution in [1.29, 1.82) is 0 Å². The van der Waals surface area contributed by atoms with Gasteiger partial charge in [0.15, 0.2) is 0 Å². The van der Waals surface area contributed by atoms with Gasteiger partial charge in [0.25, 0.3) is 5.82 Å². The number of rotatable bonds is 6. The number of para-hydroxylation sites is 2. The van der Waals surface area contributed by atoms with E-state index >= 15 is 0 Å². The molecule has 8 nitrogen and oxygen atoms in total. The summed E-state index contributed by atoms with van der Waals surface area (Å²) in [5.74, 6) is 1.69. The summed E-state index contributed by atoms with van der Waals surface area (Å²) in [6.45, 7) is 3.56. The summed E-state index contributed by atoms with van der Waals surface area (Å²) in [5, 5.41) is 15.0. The highest BCUT2D eigenvalue weighted by Crippen LogP contribution is 2.33. The summed E-state index contributed by atoms with van der Waals surface area (Å²) in [6.07, 6.45) is 0. The average molecular weight is 389 g/mol. The fraction of sp³-hybridized carbons (Fsp3) is 0.143. The Labute approximate surface area is 167 Å². The maximum absolute atomic E-state index is 11.5. The summed E-state index contributed by atoms with van der Waals surface area (Å²) < 4.78 is 7.76. The molecule has 0 spiro atoms. The van der Waals surface area contributed by atoms with Crippen molar-refractivity contribution in [2.45, 2.75) is 19.9 Å². The standard InChI is InChI=1S/C21H20N6O2/c1-13(20(22)28)23-18-12-17(26-27-14(2)24-25-21(18)27)16-10-6-7-11-19(16)29-15-8-4-3-5-9-15/h3-13H,1-2H3,(H3,22,23,26,28)/p+1/t13-/m1/s1. The van der Waals surface area contributed by atoms with Crippen LogP contribution >= 0.6 is 0 Å². The molecule has 0 aliphatic heterocycles. The largest absolute Gasteiger partial charge is 0.457 e. The minimum Gasteiger partial charge on any atom is -0.457 e. The Bertz CT molecular complexity index is 1170. The maximum Gasteiger partial charge on any atom is 0.348 e. The number of hydrogen-bond donors (Lipinski definition) is 3. The summed E-state index contributed by atoms with van der Waals surface area (Å²) in [6, 6.07) is 18.5. The van der Waals surface area contributed by atoms with Crippen LogP contribution < -0.4 is 20.3 Å². The Kier molecular flexibility index (Phi) is 4.82. The summed E-state index contributed by atoms with van der Waals surface area (Å²) in [7, 11) is 0. The van der Waals surface area contributed by atoms with E-state index in [2.05, 4.69) is 15.5 Å². The molecule has 2 heterocycles. The first-order valence-corrected chi connectivity index (χ1v) is 9.19. The lowest BCUT2D eigenvalue weighted by molar-refractivity contribution is -0.586. The molecule has 29 heavy (non-hydrogen) atoms. The second-order valence-electron chi connectivity index (χ2n) is 6.67. The lowest BCUT2D eigenvalue weighted by Crippen LogP contribution is -2.35. The molecule has 146 valence electrons. The highest BCUT2D eigenvalue weighted by Gasteiger charge is 2.22. The molecule has 0 aliphatic rings. The number of H-pyrrole nitrogens is 1. The quantitative estimate of drug-likeness (QED) is 0.439. The number of aryl methyl sites for hydroxylation is 1. The molecule has 4 aromatic rings. The van der Waals surface area contributed by atoms with Crippen molar-refractivity contribution in [3.8, 4) is 22.8 Å². The van der Waals surface area contributed by atoms with Gasteiger partial charge in [0.2, 0.25) is 5.91 Å². The van der Waals surface area contributed by atoms with Gasteiger partial charge in [0.1, 0.15) is 28.9 Å². The van der Waals surface area contributed by atoms with Gasteiger partial charge in [-0.1, -0.05) is 34.8 Å². The second kappa shape index (κ2) is 7.59.